The molecular weight excluding hydrogens is 305 g/mol. The molecule has 0 aromatic heterocycles. The van der Waals surface area contributed by atoms with Crippen LogP contribution in [0.5, 0.6) is 0 Å². The van der Waals surface area contributed by atoms with Gasteiger partial charge >= 0.3 is 6.18 Å². The molecule has 4 nitrogen and oxygen atoms in total. The molecule has 2 rings (SSSR count). The quantitative estimate of drug-likeness (QED) is 0.927. The highest BCUT2D eigenvalue weighted by molar-refractivity contribution is 7.89. The summed E-state index contributed by atoms with van der Waals surface area (Å²) in [7, 11) is -3.94. The first-order valence-electron chi connectivity index (χ1n) is 6.47. The Morgan fingerprint density at radius 1 is 1.33 bits per heavy atom. The van der Waals surface area contributed by atoms with Crippen LogP contribution < -0.4 is 5.73 Å². The summed E-state index contributed by atoms with van der Waals surface area (Å²) in [5.74, 6) is 0. The van der Waals surface area contributed by atoms with Gasteiger partial charge in [0.25, 0.3) is 0 Å². The number of nitrogens with zero attached hydrogens (tertiary/aromatic N) is 1. The van der Waals surface area contributed by atoms with Crippen LogP contribution in [0.1, 0.15) is 24.5 Å². The van der Waals surface area contributed by atoms with Gasteiger partial charge < -0.3 is 5.73 Å². The fourth-order valence-electron chi connectivity index (χ4n) is 2.39. The van der Waals surface area contributed by atoms with Crippen molar-refractivity contribution in [3.05, 3.63) is 29.3 Å². The Morgan fingerprint density at radius 3 is 2.38 bits per heavy atom. The van der Waals surface area contributed by atoms with E-state index in [-0.39, 0.29) is 23.5 Å². The van der Waals surface area contributed by atoms with Crippen molar-refractivity contribution in [2.75, 3.05) is 13.1 Å². The summed E-state index contributed by atoms with van der Waals surface area (Å²) in [6, 6.07) is 3.18. The molecule has 0 saturated carbocycles. The summed E-state index contributed by atoms with van der Waals surface area (Å²) in [4.78, 5) is -0.310. The molecule has 0 amide bonds. The Morgan fingerprint density at radius 2 is 1.90 bits per heavy atom. The molecule has 0 radical (unpaired) electrons. The van der Waals surface area contributed by atoms with Crippen LogP contribution in [-0.2, 0) is 16.2 Å². The van der Waals surface area contributed by atoms with Crippen molar-refractivity contribution in [1.29, 1.82) is 0 Å². The van der Waals surface area contributed by atoms with Gasteiger partial charge in [0.1, 0.15) is 0 Å². The van der Waals surface area contributed by atoms with Gasteiger partial charge in [-0.1, -0.05) is 13.0 Å². The van der Waals surface area contributed by atoms with E-state index in [1.807, 2.05) is 6.92 Å². The van der Waals surface area contributed by atoms with Crippen LogP contribution in [0.3, 0.4) is 0 Å². The highest BCUT2D eigenvalue weighted by atomic mass is 32.2. The number of hydrogen-bond donors (Lipinski definition) is 1. The van der Waals surface area contributed by atoms with Crippen LogP contribution in [0.15, 0.2) is 23.1 Å². The molecule has 1 fully saturated rings. The zero-order valence-corrected chi connectivity index (χ0v) is 12.6. The number of nitrogens with two attached hydrogens (primary N) is 1. The van der Waals surface area contributed by atoms with Gasteiger partial charge in [-0.3, -0.25) is 0 Å². The monoisotopic (exact) mass is 322 g/mol. The van der Waals surface area contributed by atoms with Crippen LogP contribution in [0, 0.1) is 6.92 Å². The molecule has 0 spiro atoms. The number of benzene rings is 1. The highest BCUT2D eigenvalue weighted by Gasteiger charge is 2.45. The lowest BCUT2D eigenvalue weighted by atomic mass is 9.91. The Bertz CT molecular complexity index is 650. The number of hydrogen-bond acceptors (Lipinski definition) is 3. The zero-order chi connectivity index (χ0) is 16.1. The minimum atomic E-state index is -4.58. The second-order valence-electron chi connectivity index (χ2n) is 5.42. The van der Waals surface area contributed by atoms with Gasteiger partial charge in [0.05, 0.1) is 10.5 Å². The lowest BCUT2D eigenvalue weighted by Gasteiger charge is -2.46. The van der Waals surface area contributed by atoms with Gasteiger partial charge in [-0.2, -0.15) is 17.5 Å². The van der Waals surface area contributed by atoms with E-state index in [1.165, 1.54) is 13.0 Å². The molecule has 0 aliphatic carbocycles. The van der Waals surface area contributed by atoms with E-state index < -0.39 is 27.3 Å². The number of halogens is 3. The standard InChI is InChI=1S/C13H17F3N2O2S/c1-3-12(17)7-18(8-12)21(19,20)11-6-4-5-10(9(11)2)13(14,15)16/h4-6H,3,7-8,17H2,1-2H3. The molecular formula is C13H17F3N2O2S. The summed E-state index contributed by atoms with van der Waals surface area (Å²) in [5.41, 5.74) is 4.12. The Labute approximate surface area is 121 Å². The fourth-order valence-corrected chi connectivity index (χ4v) is 4.27. The highest BCUT2D eigenvalue weighted by Crippen LogP contribution is 2.36. The third-order valence-electron chi connectivity index (χ3n) is 3.89. The second-order valence-corrected chi connectivity index (χ2v) is 7.32. The van der Waals surface area contributed by atoms with Crippen molar-refractivity contribution in [1.82, 2.24) is 4.31 Å². The molecule has 118 valence electrons. The van der Waals surface area contributed by atoms with Crippen molar-refractivity contribution in [3.63, 3.8) is 0 Å². The molecule has 8 heteroatoms. The van der Waals surface area contributed by atoms with Crippen molar-refractivity contribution < 1.29 is 21.6 Å². The van der Waals surface area contributed by atoms with Crippen molar-refractivity contribution in [2.24, 2.45) is 5.73 Å². The van der Waals surface area contributed by atoms with Crippen LogP contribution in [0.25, 0.3) is 0 Å². The average molecular weight is 322 g/mol. The minimum Gasteiger partial charge on any atom is -0.323 e. The van der Waals surface area contributed by atoms with Gasteiger partial charge in [0, 0.05) is 18.6 Å². The minimum absolute atomic E-state index is 0.127. The smallest absolute Gasteiger partial charge is 0.323 e. The van der Waals surface area contributed by atoms with E-state index >= 15 is 0 Å². The summed E-state index contributed by atoms with van der Waals surface area (Å²) in [6.07, 6.45) is -3.97. The summed E-state index contributed by atoms with van der Waals surface area (Å²) in [6.45, 7) is 3.27. The van der Waals surface area contributed by atoms with Gasteiger partial charge in [-0.25, -0.2) is 8.42 Å². The second kappa shape index (κ2) is 4.96. The Balaban J connectivity index is 2.39. The maximum Gasteiger partial charge on any atom is 0.416 e. The largest absolute Gasteiger partial charge is 0.416 e. The lowest BCUT2D eigenvalue weighted by Crippen LogP contribution is -2.68. The first kappa shape index (κ1) is 16.3. The normalized spacial score (nSPS) is 19.3. The first-order valence-corrected chi connectivity index (χ1v) is 7.91. The topological polar surface area (TPSA) is 63.4 Å². The van der Waals surface area contributed by atoms with E-state index in [1.54, 1.807) is 0 Å². The van der Waals surface area contributed by atoms with Crippen LogP contribution in [-0.4, -0.2) is 31.4 Å². The number of sulfonamides is 1. The van der Waals surface area contributed by atoms with E-state index in [0.29, 0.717) is 6.42 Å². The third kappa shape index (κ3) is 2.79. The molecule has 1 aliphatic heterocycles. The predicted octanol–water partition coefficient (Wildman–Crippen LogP) is 2.13. The van der Waals surface area contributed by atoms with Gasteiger partial charge in [-0.15, -0.1) is 0 Å². The van der Waals surface area contributed by atoms with Crippen LogP contribution >= 0.6 is 0 Å². The number of alkyl halides is 3. The molecule has 21 heavy (non-hydrogen) atoms. The molecule has 0 unspecified atom stereocenters. The fraction of sp³-hybridized carbons (Fsp3) is 0.538. The van der Waals surface area contributed by atoms with Gasteiger partial charge in [0.2, 0.25) is 10.0 Å². The average Bonchev–Trinajstić information content (AvgIpc) is 2.33. The third-order valence-corrected chi connectivity index (χ3v) is 5.83. The molecule has 1 heterocycles. The van der Waals surface area contributed by atoms with Crippen molar-refractivity contribution in [2.45, 2.75) is 36.9 Å². The van der Waals surface area contributed by atoms with Gasteiger partial charge in [0.15, 0.2) is 0 Å². The molecule has 0 bridgehead atoms. The molecule has 1 aliphatic rings. The molecule has 1 aromatic rings. The van der Waals surface area contributed by atoms with Gasteiger partial charge in [-0.05, 0) is 31.0 Å². The Hall–Kier alpha value is -1.12. The summed E-state index contributed by atoms with van der Waals surface area (Å²) < 4.78 is 64.6. The van der Waals surface area contributed by atoms with Crippen molar-refractivity contribution >= 4 is 10.0 Å². The summed E-state index contributed by atoms with van der Waals surface area (Å²) in [5, 5.41) is 0. The number of rotatable bonds is 3. The zero-order valence-electron chi connectivity index (χ0n) is 11.7. The van der Waals surface area contributed by atoms with E-state index in [4.69, 9.17) is 5.73 Å². The molecule has 2 N–H and O–H groups in total. The van der Waals surface area contributed by atoms with E-state index in [0.717, 1.165) is 16.4 Å². The SMILES string of the molecule is CCC1(N)CN(S(=O)(=O)c2cccc(C(F)(F)F)c2C)C1. The lowest BCUT2D eigenvalue weighted by molar-refractivity contribution is -0.138. The molecule has 1 saturated heterocycles. The van der Waals surface area contributed by atoms with E-state index in [9.17, 15) is 21.6 Å². The molecule has 0 atom stereocenters. The summed E-state index contributed by atoms with van der Waals surface area (Å²) >= 11 is 0. The molecule has 1 aromatic carbocycles. The van der Waals surface area contributed by atoms with Crippen LogP contribution in [0.2, 0.25) is 0 Å². The van der Waals surface area contributed by atoms with E-state index in [2.05, 4.69) is 0 Å². The predicted molar refractivity (Wildman–Crippen MR) is 72.1 cm³/mol. The van der Waals surface area contributed by atoms with Crippen LogP contribution in [0.4, 0.5) is 13.2 Å². The Kier molecular flexibility index (Phi) is 3.84. The van der Waals surface area contributed by atoms with Crippen molar-refractivity contribution in [3.8, 4) is 0 Å². The maximum atomic E-state index is 12.9. The first-order chi connectivity index (χ1) is 9.51. The maximum absolute atomic E-state index is 12.9.